The van der Waals surface area contributed by atoms with Crippen LogP contribution < -0.4 is 5.73 Å². The molecule has 0 unspecified atom stereocenters. The fourth-order valence-corrected chi connectivity index (χ4v) is 2.03. The second-order valence-corrected chi connectivity index (χ2v) is 4.02. The maximum Gasteiger partial charge on any atom is 0.191 e. The summed E-state index contributed by atoms with van der Waals surface area (Å²) < 4.78 is 6.89. The summed E-state index contributed by atoms with van der Waals surface area (Å²) in [6.07, 6.45) is 3.39. The molecule has 80 valence electrons. The molecule has 2 aromatic heterocycles. The molecule has 2 rings (SSSR count). The molecule has 5 nitrogen and oxygen atoms in total. The molecule has 0 aliphatic carbocycles. The van der Waals surface area contributed by atoms with E-state index < -0.39 is 0 Å². The standard InChI is InChI=1S/C9H12N4OS/c1-13-8(4-10)11-12-9(13)15-6-7-2-3-14-5-7/h2-3,5H,4,6,10H2,1H3. The minimum atomic E-state index is 0.412. The molecule has 2 heterocycles. The summed E-state index contributed by atoms with van der Waals surface area (Å²) in [7, 11) is 1.92. The van der Waals surface area contributed by atoms with Gasteiger partial charge in [0.1, 0.15) is 5.82 Å². The lowest BCUT2D eigenvalue weighted by molar-refractivity contribution is 0.565. The summed E-state index contributed by atoms with van der Waals surface area (Å²) >= 11 is 1.61. The summed E-state index contributed by atoms with van der Waals surface area (Å²) in [5, 5.41) is 8.90. The molecule has 0 saturated carbocycles. The third-order valence-corrected chi connectivity index (χ3v) is 3.15. The Balaban J connectivity index is 2.02. The number of furan rings is 1. The first-order valence-corrected chi connectivity index (χ1v) is 5.52. The van der Waals surface area contributed by atoms with E-state index in [4.69, 9.17) is 10.2 Å². The summed E-state index contributed by atoms with van der Waals surface area (Å²) in [6.45, 7) is 0.412. The van der Waals surface area contributed by atoms with Gasteiger partial charge in [0, 0.05) is 18.4 Å². The Labute approximate surface area is 91.7 Å². The maximum atomic E-state index is 5.51. The number of aromatic nitrogens is 3. The zero-order valence-electron chi connectivity index (χ0n) is 8.38. The first-order valence-electron chi connectivity index (χ1n) is 4.53. The van der Waals surface area contributed by atoms with E-state index in [0.717, 1.165) is 22.3 Å². The van der Waals surface area contributed by atoms with E-state index in [0.29, 0.717) is 6.54 Å². The summed E-state index contributed by atoms with van der Waals surface area (Å²) in [4.78, 5) is 0. The Morgan fingerprint density at radius 3 is 3.00 bits per heavy atom. The second kappa shape index (κ2) is 4.50. The lowest BCUT2D eigenvalue weighted by Gasteiger charge is -2.00. The first kappa shape index (κ1) is 10.3. The van der Waals surface area contributed by atoms with E-state index >= 15 is 0 Å². The van der Waals surface area contributed by atoms with Gasteiger partial charge in [0.05, 0.1) is 19.1 Å². The topological polar surface area (TPSA) is 69.9 Å². The van der Waals surface area contributed by atoms with Crippen molar-refractivity contribution in [2.75, 3.05) is 0 Å². The molecule has 0 aliphatic heterocycles. The van der Waals surface area contributed by atoms with Crippen LogP contribution in [-0.2, 0) is 19.3 Å². The highest BCUT2D eigenvalue weighted by Crippen LogP contribution is 2.20. The van der Waals surface area contributed by atoms with Gasteiger partial charge in [-0.1, -0.05) is 11.8 Å². The van der Waals surface area contributed by atoms with Crippen molar-refractivity contribution in [3.05, 3.63) is 30.0 Å². The molecular weight excluding hydrogens is 212 g/mol. The van der Waals surface area contributed by atoms with Gasteiger partial charge in [-0.2, -0.15) is 0 Å². The number of hydrogen-bond acceptors (Lipinski definition) is 5. The lowest BCUT2D eigenvalue weighted by Crippen LogP contribution is -2.05. The number of rotatable bonds is 4. The number of thioether (sulfide) groups is 1. The van der Waals surface area contributed by atoms with Crippen LogP contribution in [0.3, 0.4) is 0 Å². The maximum absolute atomic E-state index is 5.51. The molecule has 6 heteroatoms. The SMILES string of the molecule is Cn1c(CN)nnc1SCc1ccoc1. The van der Waals surface area contributed by atoms with E-state index in [1.807, 2.05) is 17.7 Å². The van der Waals surface area contributed by atoms with Crippen LogP contribution >= 0.6 is 11.8 Å². The summed E-state index contributed by atoms with van der Waals surface area (Å²) in [5.41, 5.74) is 6.64. The van der Waals surface area contributed by atoms with Gasteiger partial charge >= 0.3 is 0 Å². The molecule has 0 radical (unpaired) electrons. The number of nitrogens with zero attached hydrogens (tertiary/aromatic N) is 3. The number of hydrogen-bond donors (Lipinski definition) is 1. The van der Waals surface area contributed by atoms with Gasteiger partial charge < -0.3 is 14.7 Å². The quantitative estimate of drug-likeness (QED) is 0.789. The van der Waals surface area contributed by atoms with Crippen molar-refractivity contribution in [1.82, 2.24) is 14.8 Å². The molecule has 0 fully saturated rings. The monoisotopic (exact) mass is 224 g/mol. The van der Waals surface area contributed by atoms with E-state index in [-0.39, 0.29) is 0 Å². The smallest absolute Gasteiger partial charge is 0.191 e. The van der Waals surface area contributed by atoms with Crippen molar-refractivity contribution in [2.45, 2.75) is 17.5 Å². The van der Waals surface area contributed by atoms with Gasteiger partial charge in [0.2, 0.25) is 0 Å². The van der Waals surface area contributed by atoms with Gasteiger partial charge in [0.25, 0.3) is 0 Å². The zero-order valence-corrected chi connectivity index (χ0v) is 9.20. The van der Waals surface area contributed by atoms with Gasteiger partial charge in [-0.25, -0.2) is 0 Å². The van der Waals surface area contributed by atoms with Crippen molar-refractivity contribution in [2.24, 2.45) is 12.8 Å². The van der Waals surface area contributed by atoms with Gasteiger partial charge in [-0.15, -0.1) is 10.2 Å². The fraction of sp³-hybridized carbons (Fsp3) is 0.333. The van der Waals surface area contributed by atoms with Crippen LogP contribution in [0.1, 0.15) is 11.4 Å². The van der Waals surface area contributed by atoms with Crippen molar-refractivity contribution in [3.8, 4) is 0 Å². The molecule has 0 amide bonds. The van der Waals surface area contributed by atoms with Gasteiger partial charge in [-0.3, -0.25) is 0 Å². The van der Waals surface area contributed by atoms with Crippen molar-refractivity contribution >= 4 is 11.8 Å². The minimum absolute atomic E-state index is 0.412. The fourth-order valence-electron chi connectivity index (χ4n) is 1.17. The van der Waals surface area contributed by atoms with Crippen LogP contribution in [0.25, 0.3) is 0 Å². The average molecular weight is 224 g/mol. The van der Waals surface area contributed by atoms with E-state index in [2.05, 4.69) is 10.2 Å². The Kier molecular flexibility index (Phi) is 3.08. The lowest BCUT2D eigenvalue weighted by atomic mass is 10.4. The number of nitrogens with two attached hydrogens (primary N) is 1. The average Bonchev–Trinajstić information content (AvgIpc) is 2.85. The highest BCUT2D eigenvalue weighted by atomic mass is 32.2. The largest absolute Gasteiger partial charge is 0.472 e. The highest BCUT2D eigenvalue weighted by molar-refractivity contribution is 7.98. The zero-order chi connectivity index (χ0) is 10.7. The summed E-state index contributed by atoms with van der Waals surface area (Å²) in [5.74, 6) is 1.62. The van der Waals surface area contributed by atoms with Crippen LogP contribution in [0.4, 0.5) is 0 Å². The van der Waals surface area contributed by atoms with Crippen molar-refractivity contribution in [3.63, 3.8) is 0 Å². The van der Waals surface area contributed by atoms with Gasteiger partial charge in [0.15, 0.2) is 5.16 Å². The Bertz CT molecular complexity index is 423. The Hall–Kier alpha value is -1.27. The van der Waals surface area contributed by atoms with Crippen LogP contribution in [-0.4, -0.2) is 14.8 Å². The van der Waals surface area contributed by atoms with E-state index in [1.54, 1.807) is 24.3 Å². The van der Waals surface area contributed by atoms with E-state index in [9.17, 15) is 0 Å². The molecular formula is C9H12N4OS. The molecule has 0 aliphatic rings. The molecule has 2 N–H and O–H groups in total. The third kappa shape index (κ3) is 2.21. The van der Waals surface area contributed by atoms with Crippen molar-refractivity contribution < 1.29 is 4.42 Å². The van der Waals surface area contributed by atoms with Crippen LogP contribution in [0.15, 0.2) is 28.2 Å². The van der Waals surface area contributed by atoms with E-state index in [1.165, 1.54) is 0 Å². The van der Waals surface area contributed by atoms with Crippen LogP contribution in [0.2, 0.25) is 0 Å². The summed E-state index contributed by atoms with van der Waals surface area (Å²) in [6, 6.07) is 1.94. The molecule has 0 saturated heterocycles. The molecule has 0 spiro atoms. The van der Waals surface area contributed by atoms with Crippen LogP contribution in [0, 0.1) is 0 Å². The van der Waals surface area contributed by atoms with Crippen molar-refractivity contribution in [1.29, 1.82) is 0 Å². The van der Waals surface area contributed by atoms with Gasteiger partial charge in [-0.05, 0) is 6.07 Å². The Morgan fingerprint density at radius 2 is 2.40 bits per heavy atom. The normalized spacial score (nSPS) is 10.8. The molecule has 0 bridgehead atoms. The predicted molar refractivity (Wildman–Crippen MR) is 57.2 cm³/mol. The molecule has 0 aromatic carbocycles. The highest BCUT2D eigenvalue weighted by Gasteiger charge is 2.07. The molecule has 15 heavy (non-hydrogen) atoms. The molecule has 2 aromatic rings. The third-order valence-electron chi connectivity index (χ3n) is 2.06. The Morgan fingerprint density at radius 1 is 1.53 bits per heavy atom. The first-order chi connectivity index (χ1) is 7.31. The molecule has 0 atom stereocenters. The second-order valence-electron chi connectivity index (χ2n) is 3.08. The predicted octanol–water partition coefficient (Wildman–Crippen LogP) is 1.16. The minimum Gasteiger partial charge on any atom is -0.472 e. The van der Waals surface area contributed by atoms with Crippen LogP contribution in [0.5, 0.6) is 0 Å².